The number of allylic oxidation sites excluding steroid dienone is 1. The molecule has 0 saturated carbocycles. The van der Waals surface area contributed by atoms with Crippen LogP contribution in [0.15, 0.2) is 12.2 Å². The van der Waals surface area contributed by atoms with Crippen molar-refractivity contribution in [1.29, 1.82) is 0 Å². The number of hydrogen-bond acceptors (Lipinski definition) is 3. The average Bonchev–Trinajstić information content (AvgIpc) is 2.01. The Bertz CT molecular complexity index is 155. The van der Waals surface area contributed by atoms with E-state index in [0.29, 0.717) is 0 Å². The van der Waals surface area contributed by atoms with E-state index in [4.69, 9.17) is 4.74 Å². The van der Waals surface area contributed by atoms with Crippen LogP contribution < -0.4 is 0 Å². The van der Waals surface area contributed by atoms with E-state index in [9.17, 15) is 4.79 Å². The molecule has 0 aromatic rings. The van der Waals surface area contributed by atoms with Gasteiger partial charge >= 0.3 is 5.97 Å². The Balaban J connectivity index is 3.53. The molecule has 1 unspecified atom stereocenters. The number of carbonyl (C=O) groups is 1. The van der Waals surface area contributed by atoms with Gasteiger partial charge in [-0.2, -0.15) is 0 Å². The van der Waals surface area contributed by atoms with Gasteiger partial charge < -0.3 is 4.74 Å². The molecule has 0 saturated heterocycles. The maximum Gasteiger partial charge on any atom is 0.331 e. The zero-order valence-corrected chi connectivity index (χ0v) is 8.51. The van der Waals surface area contributed by atoms with Crippen LogP contribution in [0.25, 0.3) is 0 Å². The van der Waals surface area contributed by atoms with Crippen molar-refractivity contribution >= 4 is 18.6 Å². The highest BCUT2D eigenvalue weighted by atomic mass is 32.1. The van der Waals surface area contributed by atoms with Crippen molar-refractivity contribution < 1.29 is 9.53 Å². The van der Waals surface area contributed by atoms with E-state index < -0.39 is 0 Å². The van der Waals surface area contributed by atoms with Gasteiger partial charge in [0.15, 0.2) is 0 Å². The fraction of sp³-hybridized carbons (Fsp3) is 0.667. The zero-order chi connectivity index (χ0) is 9.40. The molecule has 12 heavy (non-hydrogen) atoms. The Morgan fingerprint density at radius 1 is 1.67 bits per heavy atom. The molecule has 1 atom stereocenters. The first kappa shape index (κ1) is 11.6. The largest absolute Gasteiger partial charge is 0.448 e. The van der Waals surface area contributed by atoms with Gasteiger partial charge in [-0.15, -0.1) is 12.6 Å². The van der Waals surface area contributed by atoms with Gasteiger partial charge in [0, 0.05) is 6.08 Å². The van der Waals surface area contributed by atoms with Gasteiger partial charge in [0.25, 0.3) is 0 Å². The van der Waals surface area contributed by atoms with Crippen LogP contribution in [0.5, 0.6) is 0 Å². The Kier molecular flexibility index (Phi) is 6.96. The summed E-state index contributed by atoms with van der Waals surface area (Å²) in [6, 6.07) is 0. The third-order valence-corrected chi connectivity index (χ3v) is 1.72. The lowest BCUT2D eigenvalue weighted by molar-refractivity contribution is -0.139. The van der Waals surface area contributed by atoms with E-state index in [-0.39, 0.29) is 11.4 Å². The Labute approximate surface area is 79.4 Å². The van der Waals surface area contributed by atoms with E-state index in [2.05, 4.69) is 19.6 Å². The summed E-state index contributed by atoms with van der Waals surface area (Å²) in [5, 5.41) is 0. The highest BCUT2D eigenvalue weighted by Gasteiger charge is 2.05. The van der Waals surface area contributed by atoms with Crippen LogP contribution in [0.3, 0.4) is 0 Å². The number of unbranched alkanes of at least 4 members (excludes halogenated alkanes) is 1. The Hall–Kier alpha value is -0.440. The van der Waals surface area contributed by atoms with E-state index in [1.54, 1.807) is 13.0 Å². The minimum Gasteiger partial charge on any atom is -0.448 e. The number of esters is 1. The molecule has 0 amide bonds. The van der Waals surface area contributed by atoms with Gasteiger partial charge in [0.1, 0.15) is 5.44 Å². The lowest BCUT2D eigenvalue weighted by Crippen LogP contribution is -2.10. The zero-order valence-electron chi connectivity index (χ0n) is 7.62. The molecule has 70 valence electrons. The monoisotopic (exact) mass is 188 g/mol. The lowest BCUT2D eigenvalue weighted by Gasteiger charge is -2.09. The first-order valence-electron chi connectivity index (χ1n) is 4.22. The van der Waals surface area contributed by atoms with Crippen LogP contribution >= 0.6 is 12.6 Å². The number of ether oxygens (including phenoxy) is 1. The fourth-order valence-corrected chi connectivity index (χ4v) is 1.03. The van der Waals surface area contributed by atoms with E-state index in [1.807, 2.05) is 0 Å². The summed E-state index contributed by atoms with van der Waals surface area (Å²) in [7, 11) is 0. The molecule has 0 N–H and O–H groups in total. The summed E-state index contributed by atoms with van der Waals surface area (Å²) in [6.45, 7) is 3.87. The van der Waals surface area contributed by atoms with E-state index >= 15 is 0 Å². The molecule has 0 radical (unpaired) electrons. The van der Waals surface area contributed by atoms with Crippen molar-refractivity contribution in [3.05, 3.63) is 12.2 Å². The topological polar surface area (TPSA) is 26.3 Å². The molecule has 0 fully saturated rings. The Morgan fingerprint density at radius 3 is 2.83 bits per heavy atom. The molecule has 0 rings (SSSR count). The second-order valence-corrected chi connectivity index (χ2v) is 3.11. The minimum atomic E-state index is -0.311. The van der Waals surface area contributed by atoms with Crippen LogP contribution in [-0.4, -0.2) is 11.4 Å². The molecular formula is C9H16O2S. The predicted molar refractivity (Wildman–Crippen MR) is 53.2 cm³/mol. The van der Waals surface area contributed by atoms with Gasteiger partial charge in [-0.05, 0) is 19.8 Å². The van der Waals surface area contributed by atoms with Crippen molar-refractivity contribution in [3.63, 3.8) is 0 Å². The molecule has 0 aliphatic heterocycles. The molecule has 2 nitrogen and oxygen atoms in total. The third-order valence-electron chi connectivity index (χ3n) is 1.36. The van der Waals surface area contributed by atoms with Crippen molar-refractivity contribution in [1.82, 2.24) is 0 Å². The van der Waals surface area contributed by atoms with Crippen LogP contribution in [0.4, 0.5) is 0 Å². The normalized spacial score (nSPS) is 13.2. The minimum absolute atomic E-state index is 0.256. The van der Waals surface area contributed by atoms with Crippen molar-refractivity contribution in [3.8, 4) is 0 Å². The molecule has 0 bridgehead atoms. The summed E-state index contributed by atoms with van der Waals surface area (Å²) in [6.07, 6.45) is 6.01. The van der Waals surface area contributed by atoms with Crippen LogP contribution in [-0.2, 0) is 9.53 Å². The summed E-state index contributed by atoms with van der Waals surface area (Å²) >= 11 is 4.12. The summed E-state index contributed by atoms with van der Waals surface area (Å²) in [4.78, 5) is 10.9. The fourth-order valence-electron chi connectivity index (χ4n) is 0.747. The molecule has 0 aliphatic carbocycles. The van der Waals surface area contributed by atoms with Gasteiger partial charge in [-0.3, -0.25) is 0 Å². The number of carbonyl (C=O) groups excluding carboxylic acids is 1. The van der Waals surface area contributed by atoms with E-state index in [0.717, 1.165) is 19.3 Å². The quantitative estimate of drug-likeness (QED) is 0.310. The highest BCUT2D eigenvalue weighted by Crippen LogP contribution is 2.08. The van der Waals surface area contributed by atoms with Crippen LogP contribution in [0, 0.1) is 0 Å². The number of thiol groups is 1. The number of hydrogen-bond donors (Lipinski definition) is 1. The van der Waals surface area contributed by atoms with E-state index in [1.165, 1.54) is 6.08 Å². The maximum absolute atomic E-state index is 10.9. The average molecular weight is 188 g/mol. The molecular weight excluding hydrogens is 172 g/mol. The second-order valence-electron chi connectivity index (χ2n) is 2.53. The molecule has 3 heteroatoms. The van der Waals surface area contributed by atoms with Gasteiger partial charge in [0.2, 0.25) is 0 Å². The molecule has 0 spiro atoms. The molecule has 0 heterocycles. The molecule has 0 aromatic heterocycles. The van der Waals surface area contributed by atoms with Crippen molar-refractivity contribution in [2.45, 2.75) is 38.5 Å². The Morgan fingerprint density at radius 2 is 2.33 bits per heavy atom. The highest BCUT2D eigenvalue weighted by molar-refractivity contribution is 7.80. The second kappa shape index (κ2) is 7.22. The third kappa shape index (κ3) is 6.28. The van der Waals surface area contributed by atoms with Gasteiger partial charge in [-0.25, -0.2) is 4.79 Å². The van der Waals surface area contributed by atoms with Crippen LogP contribution in [0.2, 0.25) is 0 Å². The predicted octanol–water partition coefficient (Wildman–Crippen LogP) is 2.55. The first-order valence-corrected chi connectivity index (χ1v) is 4.73. The van der Waals surface area contributed by atoms with Crippen molar-refractivity contribution in [2.24, 2.45) is 0 Å². The first-order chi connectivity index (χ1) is 5.70. The lowest BCUT2D eigenvalue weighted by atomic mass is 10.3. The number of rotatable bonds is 5. The van der Waals surface area contributed by atoms with Crippen LogP contribution in [0.1, 0.15) is 33.1 Å². The standard InChI is InChI=1S/C9H16O2S/c1-3-5-7-9(12)11-8(10)6-4-2/h4,6,9,12H,3,5,7H2,1-2H3/b6-4+. The SMILES string of the molecule is C/C=C/C(=O)OC(S)CCCC. The molecule has 0 aromatic carbocycles. The summed E-state index contributed by atoms with van der Waals surface area (Å²) in [5.41, 5.74) is -0.256. The maximum atomic E-state index is 10.9. The summed E-state index contributed by atoms with van der Waals surface area (Å²) < 4.78 is 4.93. The molecule has 0 aliphatic rings. The smallest absolute Gasteiger partial charge is 0.331 e. The van der Waals surface area contributed by atoms with Gasteiger partial charge in [-0.1, -0.05) is 19.4 Å². The summed E-state index contributed by atoms with van der Waals surface area (Å²) in [5.74, 6) is -0.311. The van der Waals surface area contributed by atoms with Gasteiger partial charge in [0.05, 0.1) is 0 Å². The van der Waals surface area contributed by atoms with Crippen molar-refractivity contribution in [2.75, 3.05) is 0 Å².